The van der Waals surface area contributed by atoms with E-state index in [0.29, 0.717) is 23.5 Å². The molecule has 2 heterocycles. The van der Waals surface area contributed by atoms with Gasteiger partial charge in [-0.05, 0) is 38.6 Å². The molecule has 0 saturated carbocycles. The zero-order chi connectivity index (χ0) is 19.6. The van der Waals surface area contributed by atoms with Gasteiger partial charge in [0.15, 0.2) is 0 Å². The van der Waals surface area contributed by atoms with Gasteiger partial charge >= 0.3 is 0 Å². The lowest BCUT2D eigenvalue weighted by Gasteiger charge is -2.11. The monoisotopic (exact) mass is 388 g/mol. The van der Waals surface area contributed by atoms with E-state index < -0.39 is 15.9 Å². The number of nitrogens with zero attached hydrogens (tertiary/aromatic N) is 3. The lowest BCUT2D eigenvalue weighted by atomic mass is 10.1. The summed E-state index contributed by atoms with van der Waals surface area (Å²) in [5.74, 6) is -0.398. The smallest absolute Gasteiger partial charge is 0.259 e. The summed E-state index contributed by atoms with van der Waals surface area (Å²) in [6.45, 7) is 4.46. The van der Waals surface area contributed by atoms with E-state index in [-0.39, 0.29) is 4.90 Å². The molecule has 0 bridgehead atoms. The van der Waals surface area contributed by atoms with Gasteiger partial charge in [-0.25, -0.2) is 13.1 Å². The molecule has 0 spiro atoms. The van der Waals surface area contributed by atoms with Crippen molar-refractivity contribution in [2.45, 2.75) is 25.3 Å². The third-order valence-corrected chi connectivity index (χ3v) is 5.58. The number of amides is 1. The van der Waals surface area contributed by atoms with Crippen molar-refractivity contribution in [3.8, 4) is 11.3 Å². The quantitative estimate of drug-likeness (QED) is 0.594. The Hall–Kier alpha value is -2.98. The van der Waals surface area contributed by atoms with Crippen LogP contribution in [-0.4, -0.2) is 41.4 Å². The van der Waals surface area contributed by atoms with Gasteiger partial charge in [0, 0.05) is 24.0 Å². The van der Waals surface area contributed by atoms with Crippen molar-refractivity contribution < 1.29 is 13.2 Å². The predicted molar refractivity (Wildman–Crippen MR) is 101 cm³/mol. The number of aromatic amines is 1. The van der Waals surface area contributed by atoms with Crippen LogP contribution in [0.3, 0.4) is 0 Å². The summed E-state index contributed by atoms with van der Waals surface area (Å²) in [5.41, 5.74) is 2.77. The maximum atomic E-state index is 12.8. The van der Waals surface area contributed by atoms with Gasteiger partial charge in [0.05, 0.1) is 28.5 Å². The van der Waals surface area contributed by atoms with E-state index in [9.17, 15) is 13.2 Å². The molecule has 0 aliphatic heterocycles. The molecule has 0 aliphatic rings. The Labute approximate surface area is 156 Å². The highest BCUT2D eigenvalue weighted by molar-refractivity contribution is 7.89. The Bertz CT molecular complexity index is 1080. The molecule has 10 heteroatoms. The molecule has 0 atom stereocenters. The molecule has 3 N–H and O–H groups in total. The number of anilines is 1. The van der Waals surface area contributed by atoms with Crippen molar-refractivity contribution in [3.63, 3.8) is 0 Å². The minimum absolute atomic E-state index is 0.0718. The number of carbonyl (C=O) groups excluding carboxylic acids is 1. The third kappa shape index (κ3) is 3.76. The molecule has 1 aromatic carbocycles. The highest BCUT2D eigenvalue weighted by atomic mass is 32.2. The number of sulfonamides is 1. The summed E-state index contributed by atoms with van der Waals surface area (Å²) < 4.78 is 28.0. The predicted octanol–water partition coefficient (Wildman–Crippen LogP) is 1.76. The van der Waals surface area contributed by atoms with Crippen LogP contribution in [-0.2, 0) is 16.6 Å². The molecule has 0 fully saturated rings. The molecular weight excluding hydrogens is 368 g/mol. The minimum atomic E-state index is -3.61. The van der Waals surface area contributed by atoms with E-state index in [0.717, 1.165) is 11.1 Å². The van der Waals surface area contributed by atoms with Crippen molar-refractivity contribution >= 4 is 21.6 Å². The SMILES string of the molecule is CCn1cc(-c2[nH]ncc2C(=O)Nc2cc(S(=O)(=O)NC)ccc2C)cn1. The Balaban J connectivity index is 1.91. The van der Waals surface area contributed by atoms with Gasteiger partial charge in [-0.2, -0.15) is 10.2 Å². The molecule has 1 amide bonds. The summed E-state index contributed by atoms with van der Waals surface area (Å²) in [4.78, 5) is 12.8. The minimum Gasteiger partial charge on any atom is -0.322 e. The second kappa shape index (κ2) is 7.33. The molecule has 2 aromatic heterocycles. The van der Waals surface area contributed by atoms with Gasteiger partial charge in [-0.3, -0.25) is 14.6 Å². The Morgan fingerprint density at radius 1 is 1.30 bits per heavy atom. The summed E-state index contributed by atoms with van der Waals surface area (Å²) >= 11 is 0. The molecule has 0 unspecified atom stereocenters. The van der Waals surface area contributed by atoms with Crippen LogP contribution < -0.4 is 10.0 Å². The molecular formula is C17H20N6O3S. The molecule has 0 radical (unpaired) electrons. The average Bonchev–Trinajstić information content (AvgIpc) is 3.32. The number of rotatable bonds is 6. The fourth-order valence-electron chi connectivity index (χ4n) is 2.55. The fraction of sp³-hybridized carbons (Fsp3) is 0.235. The first-order valence-electron chi connectivity index (χ1n) is 8.27. The zero-order valence-corrected chi connectivity index (χ0v) is 16.0. The first kappa shape index (κ1) is 18.8. The number of aromatic nitrogens is 4. The van der Waals surface area contributed by atoms with E-state index in [1.165, 1.54) is 25.4 Å². The van der Waals surface area contributed by atoms with Gasteiger partial charge in [-0.1, -0.05) is 6.07 Å². The average molecular weight is 388 g/mol. The lowest BCUT2D eigenvalue weighted by molar-refractivity contribution is 0.102. The standard InChI is InChI=1S/C17H20N6O3S/c1-4-23-10-12(8-20-23)16-14(9-19-22-16)17(24)21-15-7-13(6-5-11(15)2)27(25,26)18-3/h5-10,18H,4H2,1-3H3,(H,19,22)(H,21,24). The van der Waals surface area contributed by atoms with Gasteiger partial charge in [0.25, 0.3) is 5.91 Å². The molecule has 3 rings (SSSR count). The second-order valence-electron chi connectivity index (χ2n) is 5.88. The van der Waals surface area contributed by atoms with Crippen LogP contribution in [0.25, 0.3) is 11.3 Å². The molecule has 3 aromatic rings. The van der Waals surface area contributed by atoms with Gasteiger partial charge in [-0.15, -0.1) is 0 Å². The number of hydrogen-bond acceptors (Lipinski definition) is 5. The highest BCUT2D eigenvalue weighted by Gasteiger charge is 2.19. The third-order valence-electron chi connectivity index (χ3n) is 4.17. The number of H-pyrrole nitrogens is 1. The van der Waals surface area contributed by atoms with Crippen molar-refractivity contribution in [2.24, 2.45) is 0 Å². The van der Waals surface area contributed by atoms with E-state index in [1.54, 1.807) is 23.9 Å². The largest absolute Gasteiger partial charge is 0.322 e. The van der Waals surface area contributed by atoms with Crippen LogP contribution in [0.4, 0.5) is 5.69 Å². The Morgan fingerprint density at radius 2 is 2.07 bits per heavy atom. The summed E-state index contributed by atoms with van der Waals surface area (Å²) in [6, 6.07) is 4.55. The molecule has 9 nitrogen and oxygen atoms in total. The topological polar surface area (TPSA) is 122 Å². The maximum Gasteiger partial charge on any atom is 0.259 e. The number of benzene rings is 1. The normalized spacial score (nSPS) is 11.5. The first-order valence-corrected chi connectivity index (χ1v) is 9.75. The van der Waals surface area contributed by atoms with E-state index in [4.69, 9.17) is 0 Å². The summed E-state index contributed by atoms with van der Waals surface area (Å²) in [5, 5.41) is 13.7. The van der Waals surface area contributed by atoms with E-state index >= 15 is 0 Å². The molecule has 0 aliphatic carbocycles. The molecule has 142 valence electrons. The van der Waals surface area contributed by atoms with Crippen molar-refractivity contribution in [2.75, 3.05) is 12.4 Å². The number of aryl methyl sites for hydroxylation is 2. The molecule has 0 saturated heterocycles. The Morgan fingerprint density at radius 3 is 2.74 bits per heavy atom. The summed E-state index contributed by atoms with van der Waals surface area (Å²) in [6.07, 6.45) is 4.90. The second-order valence-corrected chi connectivity index (χ2v) is 7.77. The van der Waals surface area contributed by atoms with Crippen LogP contribution in [0.5, 0.6) is 0 Å². The number of nitrogens with one attached hydrogen (secondary N) is 3. The van der Waals surface area contributed by atoms with Crippen LogP contribution in [0.15, 0.2) is 41.7 Å². The number of hydrogen-bond donors (Lipinski definition) is 3. The van der Waals surface area contributed by atoms with Crippen LogP contribution in [0.2, 0.25) is 0 Å². The van der Waals surface area contributed by atoms with Gasteiger partial charge < -0.3 is 5.32 Å². The summed E-state index contributed by atoms with van der Waals surface area (Å²) in [7, 11) is -2.27. The van der Waals surface area contributed by atoms with Crippen molar-refractivity contribution in [1.29, 1.82) is 0 Å². The van der Waals surface area contributed by atoms with Crippen LogP contribution >= 0.6 is 0 Å². The maximum absolute atomic E-state index is 12.8. The number of carbonyl (C=O) groups is 1. The van der Waals surface area contributed by atoms with Gasteiger partial charge in [0.1, 0.15) is 0 Å². The highest BCUT2D eigenvalue weighted by Crippen LogP contribution is 2.24. The first-order chi connectivity index (χ1) is 12.9. The van der Waals surface area contributed by atoms with Gasteiger partial charge in [0.2, 0.25) is 10.0 Å². The van der Waals surface area contributed by atoms with Crippen LogP contribution in [0.1, 0.15) is 22.8 Å². The van der Waals surface area contributed by atoms with Crippen LogP contribution in [0, 0.1) is 6.92 Å². The lowest BCUT2D eigenvalue weighted by Crippen LogP contribution is -2.19. The van der Waals surface area contributed by atoms with Crippen molar-refractivity contribution in [3.05, 3.63) is 47.9 Å². The molecule has 27 heavy (non-hydrogen) atoms. The van der Waals surface area contributed by atoms with E-state index in [1.807, 2.05) is 13.1 Å². The zero-order valence-electron chi connectivity index (χ0n) is 15.1. The van der Waals surface area contributed by atoms with E-state index in [2.05, 4.69) is 25.3 Å². The fourth-order valence-corrected chi connectivity index (χ4v) is 3.31. The van der Waals surface area contributed by atoms with Crippen molar-refractivity contribution in [1.82, 2.24) is 24.7 Å². The Kier molecular flexibility index (Phi) is 5.10.